The van der Waals surface area contributed by atoms with E-state index in [1.165, 1.54) is 18.2 Å². The van der Waals surface area contributed by atoms with E-state index in [0.29, 0.717) is 17.0 Å². The van der Waals surface area contributed by atoms with Crippen LogP contribution < -0.4 is 5.73 Å². The molecular formula is C11H11F2N3S. The standard InChI is InChI=1S/C11H11F2N3S/c1-2-8-11(17-16-15-8)10(14)9-6(12)4-3-5-7(9)13/h3-5,10H,2,14H2,1H3. The maximum atomic E-state index is 13.6. The highest BCUT2D eigenvalue weighted by Crippen LogP contribution is 2.28. The van der Waals surface area contributed by atoms with Crippen LogP contribution in [0.25, 0.3) is 0 Å². The molecule has 17 heavy (non-hydrogen) atoms. The molecule has 3 nitrogen and oxygen atoms in total. The summed E-state index contributed by atoms with van der Waals surface area (Å²) in [6.45, 7) is 1.89. The fourth-order valence-corrected chi connectivity index (χ4v) is 2.39. The highest BCUT2D eigenvalue weighted by molar-refractivity contribution is 7.05. The van der Waals surface area contributed by atoms with Crippen LogP contribution >= 0.6 is 11.5 Å². The number of aryl methyl sites for hydroxylation is 1. The van der Waals surface area contributed by atoms with Gasteiger partial charge in [0.2, 0.25) is 0 Å². The molecule has 90 valence electrons. The first-order valence-corrected chi connectivity index (χ1v) is 5.93. The van der Waals surface area contributed by atoms with Gasteiger partial charge in [-0.15, -0.1) is 5.10 Å². The van der Waals surface area contributed by atoms with Crippen LogP contribution in [0.3, 0.4) is 0 Å². The monoisotopic (exact) mass is 255 g/mol. The molecule has 2 aromatic rings. The zero-order valence-corrected chi connectivity index (χ0v) is 9.97. The number of hydrogen-bond acceptors (Lipinski definition) is 4. The molecule has 2 rings (SSSR count). The van der Waals surface area contributed by atoms with Crippen LogP contribution in [0.4, 0.5) is 8.78 Å². The first-order valence-electron chi connectivity index (χ1n) is 5.15. The maximum Gasteiger partial charge on any atom is 0.131 e. The van der Waals surface area contributed by atoms with E-state index < -0.39 is 17.7 Å². The Labute approximate surface area is 101 Å². The smallest absolute Gasteiger partial charge is 0.131 e. The van der Waals surface area contributed by atoms with Crippen molar-refractivity contribution in [2.45, 2.75) is 19.4 Å². The largest absolute Gasteiger partial charge is 0.319 e. The molecule has 1 atom stereocenters. The minimum absolute atomic E-state index is 0.131. The fraction of sp³-hybridized carbons (Fsp3) is 0.273. The van der Waals surface area contributed by atoms with E-state index in [1.807, 2.05) is 6.92 Å². The predicted octanol–water partition coefficient (Wildman–Crippen LogP) is 2.43. The molecule has 0 aliphatic heterocycles. The minimum atomic E-state index is -0.855. The number of rotatable bonds is 3. The van der Waals surface area contributed by atoms with Crippen LogP contribution in [0, 0.1) is 11.6 Å². The summed E-state index contributed by atoms with van der Waals surface area (Å²) >= 11 is 1.08. The summed E-state index contributed by atoms with van der Waals surface area (Å²) in [4.78, 5) is 0.608. The lowest BCUT2D eigenvalue weighted by molar-refractivity contribution is 0.544. The van der Waals surface area contributed by atoms with E-state index in [0.717, 1.165) is 11.5 Å². The molecule has 0 saturated heterocycles. The highest BCUT2D eigenvalue weighted by Gasteiger charge is 2.22. The van der Waals surface area contributed by atoms with Crippen molar-refractivity contribution in [2.75, 3.05) is 0 Å². The summed E-state index contributed by atoms with van der Waals surface area (Å²) in [5, 5.41) is 3.88. The quantitative estimate of drug-likeness (QED) is 0.916. The van der Waals surface area contributed by atoms with Gasteiger partial charge >= 0.3 is 0 Å². The third-order valence-electron chi connectivity index (χ3n) is 2.51. The zero-order chi connectivity index (χ0) is 12.4. The second-order valence-corrected chi connectivity index (χ2v) is 4.34. The Balaban J connectivity index is 2.47. The van der Waals surface area contributed by atoms with Crippen molar-refractivity contribution in [3.05, 3.63) is 46.0 Å². The van der Waals surface area contributed by atoms with Gasteiger partial charge in [-0.3, -0.25) is 0 Å². The van der Waals surface area contributed by atoms with Gasteiger partial charge in [0.15, 0.2) is 0 Å². The Morgan fingerprint density at radius 1 is 1.35 bits per heavy atom. The predicted molar refractivity (Wildman–Crippen MR) is 61.7 cm³/mol. The Morgan fingerprint density at radius 2 is 2.00 bits per heavy atom. The van der Waals surface area contributed by atoms with E-state index in [9.17, 15) is 8.78 Å². The molecule has 2 N–H and O–H groups in total. The van der Waals surface area contributed by atoms with E-state index in [4.69, 9.17) is 5.73 Å². The topological polar surface area (TPSA) is 51.8 Å². The van der Waals surface area contributed by atoms with Crippen LogP contribution in [-0.2, 0) is 6.42 Å². The lowest BCUT2D eigenvalue weighted by Gasteiger charge is -2.12. The van der Waals surface area contributed by atoms with Crippen molar-refractivity contribution < 1.29 is 8.78 Å². The number of aromatic nitrogens is 2. The lowest BCUT2D eigenvalue weighted by Crippen LogP contribution is -2.16. The Morgan fingerprint density at radius 3 is 2.59 bits per heavy atom. The van der Waals surface area contributed by atoms with E-state index in [2.05, 4.69) is 9.59 Å². The van der Waals surface area contributed by atoms with Gasteiger partial charge in [0, 0.05) is 5.56 Å². The SMILES string of the molecule is CCc1nnsc1C(N)c1c(F)cccc1F. The normalized spacial score (nSPS) is 12.7. The van der Waals surface area contributed by atoms with Crippen molar-refractivity contribution in [1.29, 1.82) is 0 Å². The number of nitrogens with zero attached hydrogens (tertiary/aromatic N) is 2. The molecule has 1 aromatic carbocycles. The molecule has 0 aliphatic carbocycles. The minimum Gasteiger partial charge on any atom is -0.319 e. The second-order valence-electron chi connectivity index (χ2n) is 3.55. The van der Waals surface area contributed by atoms with Gasteiger partial charge in [0.25, 0.3) is 0 Å². The number of nitrogens with two attached hydrogens (primary N) is 1. The second kappa shape index (κ2) is 4.85. The molecule has 1 heterocycles. The van der Waals surface area contributed by atoms with Gasteiger partial charge in [0.1, 0.15) is 11.6 Å². The first kappa shape index (κ1) is 12.1. The van der Waals surface area contributed by atoms with E-state index in [-0.39, 0.29) is 5.56 Å². The number of benzene rings is 1. The van der Waals surface area contributed by atoms with Crippen LogP contribution in [0.15, 0.2) is 18.2 Å². The molecule has 1 aromatic heterocycles. The van der Waals surface area contributed by atoms with E-state index in [1.54, 1.807) is 0 Å². The third kappa shape index (κ3) is 2.18. The molecule has 6 heteroatoms. The Bertz CT molecular complexity index is 507. The summed E-state index contributed by atoms with van der Waals surface area (Å²) in [5.74, 6) is -1.29. The molecule has 0 saturated carbocycles. The molecule has 0 amide bonds. The summed E-state index contributed by atoms with van der Waals surface area (Å²) in [7, 11) is 0. The van der Waals surface area contributed by atoms with Crippen molar-refractivity contribution in [2.24, 2.45) is 5.73 Å². The molecule has 0 fully saturated rings. The summed E-state index contributed by atoms with van der Waals surface area (Å²) < 4.78 is 30.9. The van der Waals surface area contributed by atoms with Gasteiger partial charge in [0.05, 0.1) is 16.6 Å². The summed E-state index contributed by atoms with van der Waals surface area (Å²) in [6, 6.07) is 2.84. The number of hydrogen-bond donors (Lipinski definition) is 1. The first-order chi connectivity index (χ1) is 8.15. The van der Waals surface area contributed by atoms with Gasteiger partial charge < -0.3 is 5.73 Å². The Kier molecular flexibility index (Phi) is 3.44. The highest BCUT2D eigenvalue weighted by atomic mass is 32.1. The number of halogens is 2. The molecule has 0 spiro atoms. The molecule has 0 aliphatic rings. The fourth-order valence-electron chi connectivity index (χ4n) is 1.64. The van der Waals surface area contributed by atoms with Crippen molar-refractivity contribution in [1.82, 2.24) is 9.59 Å². The molecule has 0 bridgehead atoms. The van der Waals surface area contributed by atoms with Crippen molar-refractivity contribution in [3.63, 3.8) is 0 Å². The van der Waals surface area contributed by atoms with Gasteiger partial charge in [-0.05, 0) is 30.1 Å². The molecule has 1 unspecified atom stereocenters. The summed E-state index contributed by atoms with van der Waals surface area (Å²) in [5.41, 5.74) is 6.44. The maximum absolute atomic E-state index is 13.6. The molecule has 0 radical (unpaired) electrons. The lowest BCUT2D eigenvalue weighted by atomic mass is 10.0. The van der Waals surface area contributed by atoms with Crippen molar-refractivity contribution in [3.8, 4) is 0 Å². The van der Waals surface area contributed by atoms with Gasteiger partial charge in [-0.25, -0.2) is 8.78 Å². The van der Waals surface area contributed by atoms with Gasteiger partial charge in [-0.2, -0.15) is 0 Å². The van der Waals surface area contributed by atoms with Crippen LogP contribution in [0.5, 0.6) is 0 Å². The average Bonchev–Trinajstić information content (AvgIpc) is 2.76. The summed E-state index contributed by atoms with van der Waals surface area (Å²) in [6.07, 6.45) is 0.635. The van der Waals surface area contributed by atoms with E-state index >= 15 is 0 Å². The third-order valence-corrected chi connectivity index (χ3v) is 3.36. The van der Waals surface area contributed by atoms with Crippen LogP contribution in [0.1, 0.15) is 29.1 Å². The average molecular weight is 255 g/mol. The van der Waals surface area contributed by atoms with Crippen molar-refractivity contribution >= 4 is 11.5 Å². The Hall–Kier alpha value is -1.40. The molecular weight excluding hydrogens is 244 g/mol. The van der Waals surface area contributed by atoms with Crippen LogP contribution in [-0.4, -0.2) is 9.59 Å². The van der Waals surface area contributed by atoms with Gasteiger partial charge in [-0.1, -0.05) is 17.5 Å². The zero-order valence-electron chi connectivity index (χ0n) is 9.15. The van der Waals surface area contributed by atoms with Crippen LogP contribution in [0.2, 0.25) is 0 Å².